The molecule has 0 aromatic heterocycles. The quantitative estimate of drug-likeness (QED) is 0.483. The van der Waals surface area contributed by atoms with Crippen LogP contribution in [0.5, 0.6) is 0 Å². The number of rotatable bonds is 2. The van der Waals surface area contributed by atoms with Gasteiger partial charge in [0.15, 0.2) is 0 Å². The van der Waals surface area contributed by atoms with Gasteiger partial charge in [-0.1, -0.05) is 29.8 Å². The van der Waals surface area contributed by atoms with Gasteiger partial charge in [0.2, 0.25) is 0 Å². The normalized spacial score (nSPS) is 17.2. The molecule has 1 aliphatic rings. The van der Waals surface area contributed by atoms with E-state index in [0.717, 1.165) is 0 Å². The van der Waals surface area contributed by atoms with Crippen molar-refractivity contribution in [1.82, 2.24) is 0 Å². The zero-order valence-corrected chi connectivity index (χ0v) is 7.35. The van der Waals surface area contributed by atoms with Crippen LogP contribution in [0.2, 0.25) is 6.04 Å². The van der Waals surface area contributed by atoms with Crippen LogP contribution in [0.15, 0.2) is 23.8 Å². The molecule has 0 aromatic carbocycles. The Morgan fingerprint density at radius 3 is 3.00 bits per heavy atom. The highest BCUT2D eigenvalue weighted by Crippen LogP contribution is 2.14. The second-order valence-electron chi connectivity index (χ2n) is 2.21. The summed E-state index contributed by atoms with van der Waals surface area (Å²) in [4.78, 5) is 0. The Labute approximate surface area is 53.7 Å². The Kier molecular flexibility index (Phi) is 2.09. The zero-order chi connectivity index (χ0) is 5.82. The zero-order valence-electron chi connectivity index (χ0n) is 5.35. The van der Waals surface area contributed by atoms with Crippen LogP contribution in [0.25, 0.3) is 0 Å². The largest absolute Gasteiger partial charge is 0.0805 e. The average Bonchev–Trinajstić information content (AvgIpc) is 2.19. The molecule has 1 heteroatoms. The Balaban J connectivity index is 2.28. The van der Waals surface area contributed by atoms with Crippen LogP contribution in [-0.4, -0.2) is 10.2 Å². The van der Waals surface area contributed by atoms with Crippen LogP contribution in [-0.2, 0) is 0 Å². The molecule has 0 fully saturated rings. The third-order valence-electron chi connectivity index (χ3n) is 1.42. The molecule has 1 aliphatic carbocycles. The van der Waals surface area contributed by atoms with E-state index in [1.807, 2.05) is 0 Å². The summed E-state index contributed by atoms with van der Waals surface area (Å²) < 4.78 is 0. The van der Waals surface area contributed by atoms with Crippen LogP contribution in [0.3, 0.4) is 0 Å². The minimum atomic E-state index is 1.22. The summed E-state index contributed by atoms with van der Waals surface area (Å²) in [6.07, 6.45) is 9.21. The number of hydrogen-bond acceptors (Lipinski definition) is 0. The first-order valence-electron chi connectivity index (χ1n) is 3.28. The van der Waals surface area contributed by atoms with Crippen LogP contribution >= 0.6 is 0 Å². The van der Waals surface area contributed by atoms with Gasteiger partial charge in [-0.15, -0.1) is 0 Å². The maximum absolute atomic E-state index is 2.25. The fraction of sp³-hybridized carbons (Fsp3) is 0.429. The van der Waals surface area contributed by atoms with E-state index in [1.165, 1.54) is 29.1 Å². The molecule has 0 radical (unpaired) electrons. The summed E-state index contributed by atoms with van der Waals surface area (Å²) in [6, 6.07) is 1.42. The van der Waals surface area contributed by atoms with Crippen molar-refractivity contribution in [3.05, 3.63) is 23.8 Å². The maximum atomic E-state index is 2.25. The van der Waals surface area contributed by atoms with E-state index >= 15 is 0 Å². The minimum absolute atomic E-state index is 1.22. The lowest BCUT2D eigenvalue weighted by Gasteiger charge is -1.93. The molecule has 0 atom stereocenters. The molecule has 0 N–H and O–H groups in total. The maximum Gasteiger partial charge on any atom is 0.00320 e. The van der Waals surface area contributed by atoms with Crippen molar-refractivity contribution in [3.8, 4) is 0 Å². The number of hydrogen-bond donors (Lipinski definition) is 0. The topological polar surface area (TPSA) is 0 Å². The van der Waals surface area contributed by atoms with Gasteiger partial charge in [0.25, 0.3) is 0 Å². The van der Waals surface area contributed by atoms with Crippen molar-refractivity contribution in [2.24, 2.45) is 0 Å². The van der Waals surface area contributed by atoms with Gasteiger partial charge in [-0.2, -0.15) is 0 Å². The lowest BCUT2D eigenvalue weighted by atomic mass is 10.2. The van der Waals surface area contributed by atoms with Crippen molar-refractivity contribution < 1.29 is 0 Å². The first-order valence-corrected chi connectivity index (χ1v) is 4.69. The van der Waals surface area contributed by atoms with E-state index in [9.17, 15) is 0 Å². The fourth-order valence-corrected chi connectivity index (χ4v) is 1.64. The predicted molar refractivity (Wildman–Crippen MR) is 41.2 cm³/mol. The molecule has 0 heterocycles. The summed E-state index contributed by atoms with van der Waals surface area (Å²) in [7, 11) is 1.36. The van der Waals surface area contributed by atoms with Crippen LogP contribution in [0.4, 0.5) is 0 Å². The summed E-state index contributed by atoms with van der Waals surface area (Å²) in [6.45, 7) is 0. The third kappa shape index (κ3) is 1.34. The fourth-order valence-electron chi connectivity index (χ4n) is 0.998. The van der Waals surface area contributed by atoms with Crippen LogP contribution in [0, 0.1) is 0 Å². The molecule has 0 bridgehead atoms. The molecule has 0 aliphatic heterocycles. The first-order chi connectivity index (χ1) is 3.93. The molecule has 0 spiro atoms. The summed E-state index contributed by atoms with van der Waals surface area (Å²) in [5, 5.41) is 0. The van der Waals surface area contributed by atoms with E-state index in [0.29, 0.717) is 0 Å². The smallest absolute Gasteiger partial charge is 0.00320 e. The summed E-state index contributed by atoms with van der Waals surface area (Å²) >= 11 is 0. The number of allylic oxidation sites excluding steroid dienone is 4. The van der Waals surface area contributed by atoms with Gasteiger partial charge in [0.05, 0.1) is 0 Å². The standard InChI is InChI=1S/C7H12Si/c8-6-5-7-3-1-2-4-7/h1-3H,4-6H2,8H3. The van der Waals surface area contributed by atoms with E-state index in [1.54, 1.807) is 5.57 Å². The van der Waals surface area contributed by atoms with Gasteiger partial charge in [-0.3, -0.25) is 0 Å². The summed E-state index contributed by atoms with van der Waals surface area (Å²) in [5.74, 6) is 0. The second-order valence-corrected chi connectivity index (χ2v) is 3.21. The van der Waals surface area contributed by atoms with Crippen LogP contribution < -0.4 is 0 Å². The predicted octanol–water partition coefficient (Wildman–Crippen LogP) is 1.05. The molecular weight excluding hydrogens is 112 g/mol. The van der Waals surface area contributed by atoms with Gasteiger partial charge < -0.3 is 0 Å². The van der Waals surface area contributed by atoms with Gasteiger partial charge in [-0.25, -0.2) is 0 Å². The highest BCUT2D eigenvalue weighted by Gasteiger charge is 1.94. The van der Waals surface area contributed by atoms with Crippen molar-refractivity contribution in [1.29, 1.82) is 0 Å². The van der Waals surface area contributed by atoms with E-state index < -0.39 is 0 Å². The highest BCUT2D eigenvalue weighted by atomic mass is 28.1. The molecule has 1 rings (SSSR count). The Morgan fingerprint density at radius 1 is 1.62 bits per heavy atom. The van der Waals surface area contributed by atoms with Gasteiger partial charge in [0, 0.05) is 10.2 Å². The van der Waals surface area contributed by atoms with Gasteiger partial charge in [-0.05, 0) is 12.8 Å². The molecule has 44 valence electrons. The monoisotopic (exact) mass is 124 g/mol. The summed E-state index contributed by atoms with van der Waals surface area (Å²) in [5.41, 5.74) is 1.63. The molecule has 0 nitrogen and oxygen atoms in total. The molecular formula is C7H12Si. The minimum Gasteiger partial charge on any atom is -0.0805 e. The van der Waals surface area contributed by atoms with E-state index in [-0.39, 0.29) is 0 Å². The SMILES string of the molecule is [SiH3]CCC1=CC=CC1. The first kappa shape index (κ1) is 5.83. The van der Waals surface area contributed by atoms with Gasteiger partial charge in [0.1, 0.15) is 0 Å². The average molecular weight is 124 g/mol. The second kappa shape index (κ2) is 2.87. The van der Waals surface area contributed by atoms with Crippen molar-refractivity contribution in [2.75, 3.05) is 0 Å². The molecule has 0 aromatic rings. The molecule has 8 heavy (non-hydrogen) atoms. The Morgan fingerprint density at radius 2 is 2.50 bits per heavy atom. The van der Waals surface area contributed by atoms with E-state index in [4.69, 9.17) is 0 Å². The Bertz CT molecular complexity index is 122. The Hall–Kier alpha value is -0.303. The van der Waals surface area contributed by atoms with Crippen molar-refractivity contribution in [2.45, 2.75) is 18.9 Å². The van der Waals surface area contributed by atoms with Crippen molar-refractivity contribution in [3.63, 3.8) is 0 Å². The molecule has 0 unspecified atom stereocenters. The van der Waals surface area contributed by atoms with E-state index in [2.05, 4.69) is 18.2 Å². The molecule has 0 amide bonds. The lowest BCUT2D eigenvalue weighted by Crippen LogP contribution is -1.75. The molecule has 0 saturated carbocycles. The van der Waals surface area contributed by atoms with Crippen molar-refractivity contribution >= 4 is 10.2 Å². The lowest BCUT2D eigenvalue weighted by molar-refractivity contribution is 1.05. The molecule has 0 saturated heterocycles. The van der Waals surface area contributed by atoms with Crippen LogP contribution in [0.1, 0.15) is 12.8 Å². The highest BCUT2D eigenvalue weighted by molar-refractivity contribution is 6.08. The van der Waals surface area contributed by atoms with Gasteiger partial charge >= 0.3 is 0 Å². The third-order valence-corrected chi connectivity index (χ3v) is 1.92.